The summed E-state index contributed by atoms with van der Waals surface area (Å²) in [6.45, 7) is 1.49. The maximum Gasteiger partial charge on any atom is 0.0442 e. The zero-order valence-corrected chi connectivity index (χ0v) is 6.33. The van der Waals surface area contributed by atoms with E-state index in [9.17, 15) is 19.8 Å². The van der Waals surface area contributed by atoms with Gasteiger partial charge in [-0.1, -0.05) is 6.92 Å². The molecule has 4 nitrogen and oxygen atoms in total. The van der Waals surface area contributed by atoms with Crippen LogP contribution in [0.1, 0.15) is 26.2 Å². The molecule has 0 aliphatic carbocycles. The van der Waals surface area contributed by atoms with Crippen LogP contribution in [0.2, 0.25) is 0 Å². The lowest BCUT2D eigenvalue weighted by Gasteiger charge is -2.11. The molecule has 0 spiro atoms. The number of carbonyl (C=O) groups excluding carboxylic acids is 2. The minimum absolute atomic E-state index is 0.0857. The first-order chi connectivity index (χ1) is 5.04. The predicted octanol–water partition coefficient (Wildman–Crippen LogP) is -1.71. The van der Waals surface area contributed by atoms with Gasteiger partial charge in [-0.25, -0.2) is 0 Å². The Morgan fingerprint density at radius 1 is 1.36 bits per heavy atom. The molecule has 0 rings (SSSR count). The van der Waals surface area contributed by atoms with Gasteiger partial charge in [-0.3, -0.25) is 0 Å². The fraction of sp³-hybridized carbons (Fsp3) is 0.714. The summed E-state index contributed by atoms with van der Waals surface area (Å²) in [5.74, 6) is -2.85. The summed E-state index contributed by atoms with van der Waals surface area (Å²) in [5.41, 5.74) is 0. The molecule has 4 heteroatoms. The summed E-state index contributed by atoms with van der Waals surface area (Å²) >= 11 is 0. The van der Waals surface area contributed by atoms with Crippen molar-refractivity contribution in [3.63, 3.8) is 0 Å². The van der Waals surface area contributed by atoms with Crippen molar-refractivity contribution >= 4 is 11.9 Å². The molecule has 0 aromatic carbocycles. The third-order valence-corrected chi connectivity index (χ3v) is 1.42. The van der Waals surface area contributed by atoms with E-state index < -0.39 is 17.9 Å². The van der Waals surface area contributed by atoms with Gasteiger partial charge in [-0.2, -0.15) is 0 Å². The van der Waals surface area contributed by atoms with E-state index in [1.54, 1.807) is 0 Å². The molecule has 0 aliphatic rings. The molecular formula is C7H10O4-2. The molecule has 0 radical (unpaired) electrons. The smallest absolute Gasteiger partial charge is 0.0442 e. The van der Waals surface area contributed by atoms with E-state index in [0.717, 1.165) is 0 Å². The van der Waals surface area contributed by atoms with E-state index in [-0.39, 0.29) is 6.42 Å². The molecular weight excluding hydrogens is 148 g/mol. The van der Waals surface area contributed by atoms with Crippen LogP contribution in [-0.2, 0) is 9.59 Å². The van der Waals surface area contributed by atoms with E-state index in [4.69, 9.17) is 0 Å². The SMILES string of the molecule is C[C@@H](CCCC(=O)[O-])C(=O)[O-]. The lowest BCUT2D eigenvalue weighted by molar-refractivity contribution is -0.312. The number of rotatable bonds is 5. The molecule has 0 aliphatic heterocycles. The highest BCUT2D eigenvalue weighted by Gasteiger charge is 2.01. The van der Waals surface area contributed by atoms with E-state index in [1.165, 1.54) is 6.92 Å². The van der Waals surface area contributed by atoms with E-state index in [0.29, 0.717) is 12.8 Å². The number of carboxylic acids is 2. The molecule has 0 saturated heterocycles. The van der Waals surface area contributed by atoms with Crippen molar-refractivity contribution in [2.75, 3.05) is 0 Å². The zero-order chi connectivity index (χ0) is 8.85. The van der Waals surface area contributed by atoms with Gasteiger partial charge in [0.25, 0.3) is 0 Å². The van der Waals surface area contributed by atoms with Crippen LogP contribution < -0.4 is 10.2 Å². The maximum atomic E-state index is 10.1. The first kappa shape index (κ1) is 9.94. The zero-order valence-electron chi connectivity index (χ0n) is 6.33. The van der Waals surface area contributed by atoms with Gasteiger partial charge < -0.3 is 19.8 Å². The largest absolute Gasteiger partial charge is 0.550 e. The Kier molecular flexibility index (Phi) is 4.26. The highest BCUT2D eigenvalue weighted by molar-refractivity contribution is 5.67. The Labute approximate surface area is 64.8 Å². The topological polar surface area (TPSA) is 80.3 Å². The van der Waals surface area contributed by atoms with Gasteiger partial charge in [0.1, 0.15) is 0 Å². The van der Waals surface area contributed by atoms with Crippen LogP contribution in [0.25, 0.3) is 0 Å². The van der Waals surface area contributed by atoms with Crippen LogP contribution in [0.4, 0.5) is 0 Å². The highest BCUT2D eigenvalue weighted by Crippen LogP contribution is 2.05. The lowest BCUT2D eigenvalue weighted by atomic mass is 10.1. The molecule has 1 atom stereocenters. The fourth-order valence-electron chi connectivity index (χ4n) is 0.670. The quantitative estimate of drug-likeness (QED) is 0.477. The first-order valence-electron chi connectivity index (χ1n) is 3.44. The summed E-state index contributed by atoms with van der Waals surface area (Å²) < 4.78 is 0. The molecule has 0 bridgehead atoms. The van der Waals surface area contributed by atoms with Gasteiger partial charge in [0.05, 0.1) is 0 Å². The second kappa shape index (κ2) is 4.71. The number of hydrogen-bond acceptors (Lipinski definition) is 4. The Balaban J connectivity index is 3.39. The summed E-state index contributed by atoms with van der Waals surface area (Å²) in [6.07, 6.45) is 0.575. The van der Waals surface area contributed by atoms with Gasteiger partial charge in [0, 0.05) is 11.9 Å². The Morgan fingerprint density at radius 2 is 1.91 bits per heavy atom. The minimum atomic E-state index is -1.14. The van der Waals surface area contributed by atoms with Gasteiger partial charge in [-0.05, 0) is 25.2 Å². The summed E-state index contributed by atoms with van der Waals surface area (Å²) in [5, 5.41) is 20.0. The monoisotopic (exact) mass is 158 g/mol. The standard InChI is InChI=1S/C7H12O4/c1-5(7(10)11)3-2-4-6(8)9/h5H,2-4H2,1H3,(H,8,9)(H,10,11)/p-2/t5-/m0/s1. The first-order valence-corrected chi connectivity index (χ1v) is 3.44. The maximum absolute atomic E-state index is 10.1. The van der Waals surface area contributed by atoms with E-state index >= 15 is 0 Å². The number of hydrogen-bond donors (Lipinski definition) is 0. The van der Waals surface area contributed by atoms with E-state index in [2.05, 4.69) is 0 Å². The number of carbonyl (C=O) groups is 2. The highest BCUT2D eigenvalue weighted by atomic mass is 16.4. The van der Waals surface area contributed by atoms with Gasteiger partial charge >= 0.3 is 0 Å². The van der Waals surface area contributed by atoms with E-state index in [1.807, 2.05) is 0 Å². The second-order valence-electron chi connectivity index (χ2n) is 2.48. The molecule has 64 valence electrons. The average molecular weight is 158 g/mol. The molecule has 0 aromatic heterocycles. The summed E-state index contributed by atoms with van der Waals surface area (Å²) in [4.78, 5) is 20.0. The van der Waals surface area contributed by atoms with Crippen LogP contribution in [-0.4, -0.2) is 11.9 Å². The predicted molar refractivity (Wildman–Crippen MR) is 33.0 cm³/mol. The van der Waals surface area contributed by atoms with Crippen molar-refractivity contribution in [1.82, 2.24) is 0 Å². The Morgan fingerprint density at radius 3 is 2.27 bits per heavy atom. The van der Waals surface area contributed by atoms with Crippen LogP contribution in [0.3, 0.4) is 0 Å². The van der Waals surface area contributed by atoms with Crippen LogP contribution >= 0.6 is 0 Å². The number of aliphatic carboxylic acids is 2. The van der Waals surface area contributed by atoms with Crippen molar-refractivity contribution in [3.05, 3.63) is 0 Å². The van der Waals surface area contributed by atoms with Gasteiger partial charge in [-0.15, -0.1) is 0 Å². The molecule has 0 amide bonds. The molecule has 0 unspecified atom stereocenters. The Hall–Kier alpha value is -1.06. The van der Waals surface area contributed by atoms with Crippen LogP contribution in [0, 0.1) is 5.92 Å². The van der Waals surface area contributed by atoms with Crippen molar-refractivity contribution in [2.45, 2.75) is 26.2 Å². The summed E-state index contributed by atoms with van der Waals surface area (Å²) in [6, 6.07) is 0. The third-order valence-electron chi connectivity index (χ3n) is 1.42. The van der Waals surface area contributed by atoms with Crippen molar-refractivity contribution in [2.24, 2.45) is 5.92 Å². The molecule has 0 fully saturated rings. The molecule has 11 heavy (non-hydrogen) atoms. The average Bonchev–Trinajstić information content (AvgIpc) is 1.86. The van der Waals surface area contributed by atoms with Gasteiger partial charge in [0.2, 0.25) is 0 Å². The molecule has 0 saturated carbocycles. The normalized spacial score (nSPS) is 12.5. The molecule has 0 heterocycles. The Bertz CT molecular complexity index is 153. The van der Waals surface area contributed by atoms with Crippen molar-refractivity contribution in [1.29, 1.82) is 0 Å². The lowest BCUT2D eigenvalue weighted by Crippen LogP contribution is -2.30. The summed E-state index contributed by atoms with van der Waals surface area (Å²) in [7, 11) is 0. The molecule has 0 aromatic rings. The second-order valence-corrected chi connectivity index (χ2v) is 2.48. The third kappa shape index (κ3) is 5.39. The van der Waals surface area contributed by atoms with Crippen LogP contribution in [0.15, 0.2) is 0 Å². The van der Waals surface area contributed by atoms with Gasteiger partial charge in [0.15, 0.2) is 0 Å². The number of carboxylic acid groups (broad SMARTS) is 2. The molecule has 0 N–H and O–H groups in total. The fourth-order valence-corrected chi connectivity index (χ4v) is 0.670. The van der Waals surface area contributed by atoms with Crippen molar-refractivity contribution < 1.29 is 19.8 Å². The minimum Gasteiger partial charge on any atom is -0.550 e. The van der Waals surface area contributed by atoms with Crippen LogP contribution in [0.5, 0.6) is 0 Å². The van der Waals surface area contributed by atoms with Crippen molar-refractivity contribution in [3.8, 4) is 0 Å².